The van der Waals surface area contributed by atoms with Crippen molar-refractivity contribution in [3.63, 3.8) is 0 Å². The monoisotopic (exact) mass is 471 g/mol. The second kappa shape index (κ2) is 8.64. The highest BCUT2D eigenvalue weighted by molar-refractivity contribution is 5.75. The molecule has 178 valence electrons. The average molecular weight is 471 g/mol. The molecular weight excluding hydrogens is 447 g/mol. The number of phenolic OH excluding ortho intramolecular Hbond substituents is 2. The van der Waals surface area contributed by atoms with Crippen molar-refractivity contribution < 1.29 is 28.5 Å². The molecule has 9 heteroatoms. The predicted octanol–water partition coefficient (Wildman–Crippen LogP) is 5.10. The SMILES string of the molecule is CC(C)(c1ccc(-n2nc3ccc(C(F)(F)F)cc3n2)cc1CCCO)c1cccc(O)c1O. The molecule has 0 radical (unpaired) electrons. The van der Waals surface area contributed by atoms with Gasteiger partial charge in [-0.2, -0.15) is 18.0 Å². The van der Waals surface area contributed by atoms with E-state index < -0.39 is 17.2 Å². The van der Waals surface area contributed by atoms with E-state index >= 15 is 0 Å². The summed E-state index contributed by atoms with van der Waals surface area (Å²) in [5.74, 6) is -0.421. The zero-order valence-electron chi connectivity index (χ0n) is 18.6. The molecule has 4 rings (SSSR count). The summed E-state index contributed by atoms with van der Waals surface area (Å²) < 4.78 is 39.2. The maximum absolute atomic E-state index is 13.1. The van der Waals surface area contributed by atoms with Crippen molar-refractivity contribution in [3.8, 4) is 17.2 Å². The number of fused-ring (bicyclic) bond motifs is 1. The number of aliphatic hydroxyl groups is 1. The first-order chi connectivity index (χ1) is 16.0. The van der Waals surface area contributed by atoms with Crippen molar-refractivity contribution in [2.24, 2.45) is 0 Å². The van der Waals surface area contributed by atoms with Crippen molar-refractivity contribution in [1.82, 2.24) is 15.0 Å². The third-order valence-corrected chi connectivity index (χ3v) is 5.99. The first-order valence-electron chi connectivity index (χ1n) is 10.7. The quantitative estimate of drug-likeness (QED) is 0.340. The summed E-state index contributed by atoms with van der Waals surface area (Å²) in [7, 11) is 0. The van der Waals surface area contributed by atoms with Crippen LogP contribution in [0, 0.1) is 0 Å². The lowest BCUT2D eigenvalue weighted by Gasteiger charge is -2.30. The van der Waals surface area contributed by atoms with Crippen molar-refractivity contribution in [2.45, 2.75) is 38.3 Å². The van der Waals surface area contributed by atoms with Gasteiger partial charge in [-0.05, 0) is 60.4 Å². The number of hydrogen-bond acceptors (Lipinski definition) is 5. The van der Waals surface area contributed by atoms with Gasteiger partial charge in [-0.15, -0.1) is 10.2 Å². The van der Waals surface area contributed by atoms with Gasteiger partial charge < -0.3 is 15.3 Å². The molecule has 0 aliphatic heterocycles. The van der Waals surface area contributed by atoms with Gasteiger partial charge in [0.05, 0.1) is 11.3 Å². The van der Waals surface area contributed by atoms with E-state index in [4.69, 9.17) is 0 Å². The van der Waals surface area contributed by atoms with Crippen LogP contribution >= 0.6 is 0 Å². The zero-order valence-corrected chi connectivity index (χ0v) is 18.6. The van der Waals surface area contributed by atoms with E-state index in [0.717, 1.165) is 23.3 Å². The van der Waals surface area contributed by atoms with Crippen LogP contribution in [0.25, 0.3) is 16.7 Å². The molecule has 0 bridgehead atoms. The van der Waals surface area contributed by atoms with Gasteiger partial charge in [-0.1, -0.05) is 32.0 Å². The van der Waals surface area contributed by atoms with Gasteiger partial charge >= 0.3 is 6.18 Å². The van der Waals surface area contributed by atoms with Crippen LogP contribution in [0.5, 0.6) is 11.5 Å². The second-order valence-corrected chi connectivity index (χ2v) is 8.66. The van der Waals surface area contributed by atoms with Gasteiger partial charge in [0.2, 0.25) is 0 Å². The van der Waals surface area contributed by atoms with E-state index in [1.807, 2.05) is 26.0 Å². The molecule has 1 heterocycles. The fourth-order valence-electron chi connectivity index (χ4n) is 4.18. The van der Waals surface area contributed by atoms with Gasteiger partial charge in [0.15, 0.2) is 11.5 Å². The number of aryl methyl sites for hydroxylation is 1. The minimum absolute atomic E-state index is 0.0222. The highest BCUT2D eigenvalue weighted by Gasteiger charge is 2.31. The molecule has 0 saturated carbocycles. The topological polar surface area (TPSA) is 91.4 Å². The number of aliphatic hydroxyl groups excluding tert-OH is 1. The van der Waals surface area contributed by atoms with Crippen LogP contribution in [0.15, 0.2) is 54.6 Å². The van der Waals surface area contributed by atoms with Gasteiger partial charge in [0.1, 0.15) is 11.0 Å². The number of alkyl halides is 3. The van der Waals surface area contributed by atoms with E-state index in [1.54, 1.807) is 18.2 Å². The minimum Gasteiger partial charge on any atom is -0.504 e. The smallest absolute Gasteiger partial charge is 0.416 e. The fraction of sp³-hybridized carbons (Fsp3) is 0.280. The van der Waals surface area contributed by atoms with Crippen LogP contribution in [0.2, 0.25) is 0 Å². The number of hydrogen-bond donors (Lipinski definition) is 3. The largest absolute Gasteiger partial charge is 0.504 e. The highest BCUT2D eigenvalue weighted by Crippen LogP contribution is 2.42. The first-order valence-corrected chi connectivity index (χ1v) is 10.7. The number of aromatic nitrogens is 3. The molecule has 0 fully saturated rings. The van der Waals surface area contributed by atoms with E-state index in [0.29, 0.717) is 29.6 Å². The molecule has 0 aliphatic rings. The summed E-state index contributed by atoms with van der Waals surface area (Å²) >= 11 is 0. The van der Waals surface area contributed by atoms with Gasteiger partial charge in [-0.25, -0.2) is 0 Å². The predicted molar refractivity (Wildman–Crippen MR) is 121 cm³/mol. The zero-order chi connectivity index (χ0) is 24.7. The molecule has 0 spiro atoms. The third kappa shape index (κ3) is 4.31. The lowest BCUT2D eigenvalue weighted by Crippen LogP contribution is -2.22. The molecule has 3 aromatic carbocycles. The van der Waals surface area contributed by atoms with Crippen LogP contribution in [0.1, 0.15) is 42.5 Å². The molecule has 3 N–H and O–H groups in total. The molecule has 0 unspecified atom stereocenters. The molecule has 0 aliphatic carbocycles. The van der Waals surface area contributed by atoms with Crippen LogP contribution in [-0.4, -0.2) is 36.9 Å². The fourth-order valence-corrected chi connectivity index (χ4v) is 4.18. The Hall–Kier alpha value is -3.59. The van der Waals surface area contributed by atoms with E-state index in [9.17, 15) is 28.5 Å². The van der Waals surface area contributed by atoms with Gasteiger partial charge in [-0.3, -0.25) is 0 Å². The third-order valence-electron chi connectivity index (χ3n) is 5.99. The van der Waals surface area contributed by atoms with Crippen LogP contribution in [0.3, 0.4) is 0 Å². The number of rotatable bonds is 6. The Balaban J connectivity index is 1.80. The Labute approximate surface area is 193 Å². The Morgan fingerprint density at radius 3 is 2.32 bits per heavy atom. The van der Waals surface area contributed by atoms with Crippen LogP contribution < -0.4 is 0 Å². The number of para-hydroxylation sites is 1. The molecule has 34 heavy (non-hydrogen) atoms. The Kier molecular flexibility index (Phi) is 5.99. The minimum atomic E-state index is -4.47. The average Bonchev–Trinajstić information content (AvgIpc) is 3.22. The molecule has 6 nitrogen and oxygen atoms in total. The second-order valence-electron chi connectivity index (χ2n) is 8.66. The number of phenols is 2. The molecule has 1 aromatic heterocycles. The van der Waals surface area contributed by atoms with Crippen molar-refractivity contribution in [2.75, 3.05) is 6.61 Å². The maximum atomic E-state index is 13.1. The number of aromatic hydroxyl groups is 2. The normalized spacial score (nSPS) is 12.4. The number of benzene rings is 3. The summed E-state index contributed by atoms with van der Waals surface area (Å²) in [6.45, 7) is 3.81. The van der Waals surface area contributed by atoms with Gasteiger partial charge in [0.25, 0.3) is 0 Å². The summed E-state index contributed by atoms with van der Waals surface area (Å²) in [4.78, 5) is 1.29. The lowest BCUT2D eigenvalue weighted by molar-refractivity contribution is -0.137. The van der Waals surface area contributed by atoms with E-state index in [-0.39, 0.29) is 23.6 Å². The van der Waals surface area contributed by atoms with Crippen LogP contribution in [0.4, 0.5) is 13.2 Å². The molecular formula is C25H24F3N3O3. The summed E-state index contributed by atoms with van der Waals surface area (Å²) in [6, 6.07) is 13.5. The summed E-state index contributed by atoms with van der Waals surface area (Å²) in [5.41, 5.74) is 1.78. The Morgan fingerprint density at radius 1 is 0.882 bits per heavy atom. The standard InChI is InChI=1S/C25H24F3N3O3/c1-24(2,19-6-3-7-22(33)23(19)34)18-10-9-17(13-15(18)5-4-12-32)31-29-20-11-8-16(25(26,27)28)14-21(20)30-31/h3,6-11,13-14,32-34H,4-5,12H2,1-2H3. The van der Waals surface area contributed by atoms with Crippen LogP contribution in [-0.2, 0) is 18.0 Å². The molecule has 4 aromatic rings. The van der Waals surface area contributed by atoms with Crippen molar-refractivity contribution in [1.29, 1.82) is 0 Å². The maximum Gasteiger partial charge on any atom is 0.416 e. The van der Waals surface area contributed by atoms with E-state index in [2.05, 4.69) is 10.2 Å². The Bertz CT molecular complexity index is 1350. The number of nitrogens with zero attached hydrogens (tertiary/aromatic N) is 3. The summed E-state index contributed by atoms with van der Waals surface area (Å²) in [5, 5.41) is 38.4. The lowest BCUT2D eigenvalue weighted by atomic mass is 9.75. The first kappa shape index (κ1) is 23.6. The summed E-state index contributed by atoms with van der Waals surface area (Å²) in [6.07, 6.45) is -3.47. The van der Waals surface area contributed by atoms with E-state index in [1.165, 1.54) is 16.9 Å². The highest BCUT2D eigenvalue weighted by atomic mass is 19.4. The molecule has 0 amide bonds. The Morgan fingerprint density at radius 2 is 1.62 bits per heavy atom. The molecule has 0 atom stereocenters. The van der Waals surface area contributed by atoms with Crippen molar-refractivity contribution >= 4 is 11.0 Å². The number of halogens is 3. The van der Waals surface area contributed by atoms with Crippen molar-refractivity contribution in [3.05, 3.63) is 76.9 Å². The molecule has 0 saturated heterocycles. The van der Waals surface area contributed by atoms with Gasteiger partial charge in [0, 0.05) is 17.6 Å².